The zero-order valence-electron chi connectivity index (χ0n) is 9.89. The summed E-state index contributed by atoms with van der Waals surface area (Å²) in [5, 5.41) is 13.7. The molecule has 0 aliphatic carbocycles. The van der Waals surface area contributed by atoms with Gasteiger partial charge in [0.15, 0.2) is 0 Å². The van der Waals surface area contributed by atoms with Crippen LogP contribution in [-0.4, -0.2) is 24.7 Å². The molecule has 6 heteroatoms. The molecule has 0 saturated carbocycles. The smallest absolute Gasteiger partial charge is 0.306 e. The maximum absolute atomic E-state index is 13.1. The van der Waals surface area contributed by atoms with Crippen LogP contribution in [0.25, 0.3) is 0 Å². The molecule has 1 aromatic rings. The van der Waals surface area contributed by atoms with Gasteiger partial charge in [-0.25, -0.2) is 0 Å². The lowest BCUT2D eigenvalue weighted by atomic mass is 10.0. The second kappa shape index (κ2) is 5.77. The highest BCUT2D eigenvalue weighted by atomic mass is 19.1. The summed E-state index contributed by atoms with van der Waals surface area (Å²) >= 11 is 0. The third-order valence-electron chi connectivity index (χ3n) is 3.08. The Labute approximate surface area is 104 Å². The van der Waals surface area contributed by atoms with Crippen LogP contribution < -0.4 is 5.32 Å². The Kier molecular flexibility index (Phi) is 4.09. The summed E-state index contributed by atoms with van der Waals surface area (Å²) in [7, 11) is 0. The molecule has 1 aromatic carbocycles. The molecule has 1 fully saturated rings. The summed E-state index contributed by atoms with van der Waals surface area (Å²) in [4.78, 5) is 9.89. The van der Waals surface area contributed by atoms with Gasteiger partial charge in [-0.3, -0.25) is 10.1 Å². The molecule has 0 spiro atoms. The van der Waals surface area contributed by atoms with E-state index in [0.29, 0.717) is 11.6 Å². The average Bonchev–Trinajstić information content (AvgIpc) is 2.38. The number of nitrogens with zero attached hydrogens (tertiary/aromatic N) is 1. The normalized spacial score (nSPS) is 16.5. The topological polar surface area (TPSA) is 64.4 Å². The number of nitro benzene ring substituents is 1. The van der Waals surface area contributed by atoms with Crippen LogP contribution >= 0.6 is 0 Å². The molecule has 5 nitrogen and oxygen atoms in total. The van der Waals surface area contributed by atoms with Gasteiger partial charge in [0.25, 0.3) is 0 Å². The van der Waals surface area contributed by atoms with Crippen LogP contribution in [0.15, 0.2) is 18.2 Å². The number of anilines is 1. The van der Waals surface area contributed by atoms with E-state index in [1.165, 1.54) is 12.1 Å². The van der Waals surface area contributed by atoms with Gasteiger partial charge >= 0.3 is 5.69 Å². The Morgan fingerprint density at radius 2 is 2.17 bits per heavy atom. The molecule has 98 valence electrons. The molecule has 2 rings (SSSR count). The number of rotatable bonds is 4. The van der Waals surface area contributed by atoms with Crippen molar-refractivity contribution in [2.45, 2.75) is 12.8 Å². The number of nitro groups is 1. The van der Waals surface area contributed by atoms with Crippen molar-refractivity contribution in [2.75, 3.05) is 25.1 Å². The molecule has 0 bridgehead atoms. The van der Waals surface area contributed by atoms with E-state index in [0.717, 1.165) is 38.7 Å². The van der Waals surface area contributed by atoms with E-state index < -0.39 is 16.4 Å². The van der Waals surface area contributed by atoms with Gasteiger partial charge in [0, 0.05) is 31.5 Å². The van der Waals surface area contributed by atoms with E-state index in [9.17, 15) is 14.5 Å². The Balaban J connectivity index is 1.96. The average molecular weight is 254 g/mol. The third-order valence-corrected chi connectivity index (χ3v) is 3.08. The van der Waals surface area contributed by atoms with E-state index in [2.05, 4.69) is 5.32 Å². The van der Waals surface area contributed by atoms with E-state index in [-0.39, 0.29) is 0 Å². The van der Waals surface area contributed by atoms with Crippen molar-refractivity contribution in [3.05, 3.63) is 34.1 Å². The summed E-state index contributed by atoms with van der Waals surface area (Å²) < 4.78 is 18.4. The first kappa shape index (κ1) is 12.8. The quantitative estimate of drug-likeness (QED) is 0.662. The maximum Gasteiger partial charge on any atom is 0.306 e. The summed E-state index contributed by atoms with van der Waals surface area (Å²) in [6, 6.07) is 3.86. The molecular weight excluding hydrogens is 239 g/mol. The third kappa shape index (κ3) is 3.16. The van der Waals surface area contributed by atoms with Crippen LogP contribution in [0.1, 0.15) is 12.8 Å². The molecule has 1 N–H and O–H groups in total. The Bertz CT molecular complexity index is 433. The fourth-order valence-corrected chi connectivity index (χ4v) is 1.98. The molecule has 0 amide bonds. The van der Waals surface area contributed by atoms with Crippen molar-refractivity contribution in [3.8, 4) is 0 Å². The van der Waals surface area contributed by atoms with Crippen LogP contribution in [0.5, 0.6) is 0 Å². The zero-order chi connectivity index (χ0) is 13.0. The molecule has 18 heavy (non-hydrogen) atoms. The summed E-state index contributed by atoms with van der Waals surface area (Å²) in [6.07, 6.45) is 1.96. The van der Waals surface area contributed by atoms with Crippen LogP contribution in [0.2, 0.25) is 0 Å². The second-order valence-electron chi connectivity index (χ2n) is 4.36. The number of halogens is 1. The Morgan fingerprint density at radius 1 is 1.44 bits per heavy atom. The Hall–Kier alpha value is -1.69. The summed E-state index contributed by atoms with van der Waals surface area (Å²) in [6.45, 7) is 2.25. The lowest BCUT2D eigenvalue weighted by molar-refractivity contribution is -0.387. The van der Waals surface area contributed by atoms with E-state index in [1.54, 1.807) is 0 Å². The Morgan fingerprint density at radius 3 is 2.83 bits per heavy atom. The van der Waals surface area contributed by atoms with Gasteiger partial charge in [-0.2, -0.15) is 4.39 Å². The minimum Gasteiger partial charge on any atom is -0.385 e. The SMILES string of the molecule is O=[N+]([O-])c1cc(NCC2CCOCC2)ccc1F. The summed E-state index contributed by atoms with van der Waals surface area (Å²) in [5.41, 5.74) is 0.0848. The van der Waals surface area contributed by atoms with Gasteiger partial charge in [-0.15, -0.1) is 0 Å². The first-order valence-corrected chi connectivity index (χ1v) is 5.92. The lowest BCUT2D eigenvalue weighted by Crippen LogP contribution is -2.22. The first-order valence-electron chi connectivity index (χ1n) is 5.92. The minimum absolute atomic E-state index is 0.494. The van der Waals surface area contributed by atoms with Crippen LogP contribution in [0.4, 0.5) is 15.8 Å². The first-order chi connectivity index (χ1) is 8.66. The molecule has 1 saturated heterocycles. The van der Waals surface area contributed by atoms with Crippen molar-refractivity contribution in [3.63, 3.8) is 0 Å². The highest BCUT2D eigenvalue weighted by Crippen LogP contribution is 2.22. The predicted octanol–water partition coefficient (Wildman–Crippen LogP) is 2.57. The van der Waals surface area contributed by atoms with E-state index >= 15 is 0 Å². The molecule has 0 aromatic heterocycles. The molecule has 0 unspecified atom stereocenters. The molecule has 1 heterocycles. The van der Waals surface area contributed by atoms with Gasteiger partial charge in [-0.1, -0.05) is 0 Å². The van der Waals surface area contributed by atoms with Gasteiger partial charge in [0.05, 0.1) is 4.92 Å². The molecule has 0 atom stereocenters. The standard InChI is InChI=1S/C12H15FN2O3/c13-11-2-1-10(7-12(11)15(16)17)14-8-9-3-5-18-6-4-9/h1-2,7,9,14H,3-6,8H2. The number of nitrogens with one attached hydrogen (secondary N) is 1. The largest absolute Gasteiger partial charge is 0.385 e. The van der Waals surface area contributed by atoms with Crippen molar-refractivity contribution in [1.82, 2.24) is 0 Å². The number of ether oxygens (including phenoxy) is 1. The molecule has 1 aliphatic rings. The van der Waals surface area contributed by atoms with Gasteiger partial charge in [0.1, 0.15) is 0 Å². The predicted molar refractivity (Wildman–Crippen MR) is 65.1 cm³/mol. The number of hydrogen-bond donors (Lipinski definition) is 1. The van der Waals surface area contributed by atoms with Crippen LogP contribution in [-0.2, 0) is 4.74 Å². The van der Waals surface area contributed by atoms with Crippen molar-refractivity contribution in [2.24, 2.45) is 5.92 Å². The molecule has 0 radical (unpaired) electrons. The molecular formula is C12H15FN2O3. The lowest BCUT2D eigenvalue weighted by Gasteiger charge is -2.22. The van der Waals surface area contributed by atoms with Crippen molar-refractivity contribution < 1.29 is 14.1 Å². The van der Waals surface area contributed by atoms with Crippen molar-refractivity contribution >= 4 is 11.4 Å². The van der Waals surface area contributed by atoms with Gasteiger partial charge in [-0.05, 0) is 30.9 Å². The van der Waals surface area contributed by atoms with E-state index in [4.69, 9.17) is 4.74 Å². The van der Waals surface area contributed by atoms with Crippen molar-refractivity contribution in [1.29, 1.82) is 0 Å². The van der Waals surface area contributed by atoms with E-state index in [1.807, 2.05) is 0 Å². The van der Waals surface area contributed by atoms with Crippen LogP contribution in [0.3, 0.4) is 0 Å². The van der Waals surface area contributed by atoms with Gasteiger partial charge in [0.2, 0.25) is 5.82 Å². The van der Waals surface area contributed by atoms with Gasteiger partial charge < -0.3 is 10.1 Å². The fraction of sp³-hybridized carbons (Fsp3) is 0.500. The summed E-state index contributed by atoms with van der Waals surface area (Å²) in [5.74, 6) is -0.306. The fourth-order valence-electron chi connectivity index (χ4n) is 1.98. The highest BCUT2D eigenvalue weighted by Gasteiger charge is 2.16. The minimum atomic E-state index is -0.809. The maximum atomic E-state index is 13.1. The van der Waals surface area contributed by atoms with Crippen LogP contribution in [0, 0.1) is 21.8 Å². The highest BCUT2D eigenvalue weighted by molar-refractivity contribution is 5.51. The second-order valence-corrected chi connectivity index (χ2v) is 4.36. The zero-order valence-corrected chi connectivity index (χ0v) is 9.89. The number of benzene rings is 1. The molecule has 1 aliphatic heterocycles. The number of hydrogen-bond acceptors (Lipinski definition) is 4. The monoisotopic (exact) mass is 254 g/mol.